The lowest BCUT2D eigenvalue weighted by molar-refractivity contribution is -0.0860. The van der Waals surface area contributed by atoms with Crippen LogP contribution in [0.4, 0.5) is 0 Å². The summed E-state index contributed by atoms with van der Waals surface area (Å²) in [6, 6.07) is 9.97. The van der Waals surface area contributed by atoms with Gasteiger partial charge in [0.05, 0.1) is 25.5 Å². The van der Waals surface area contributed by atoms with E-state index in [0.29, 0.717) is 5.69 Å². The van der Waals surface area contributed by atoms with Crippen molar-refractivity contribution in [3.05, 3.63) is 47.8 Å². The molecular weight excluding hydrogens is 298 g/mol. The average Bonchev–Trinajstić information content (AvgIpc) is 3.00. The van der Waals surface area contributed by atoms with E-state index in [1.54, 1.807) is 10.9 Å². The Labute approximate surface area is 134 Å². The van der Waals surface area contributed by atoms with Gasteiger partial charge in [-0.15, -0.1) is 5.10 Å². The van der Waals surface area contributed by atoms with Crippen LogP contribution >= 0.6 is 11.8 Å². The molecular formula is C16H19N3O2S. The Morgan fingerprint density at radius 3 is 2.77 bits per heavy atom. The van der Waals surface area contributed by atoms with Crippen molar-refractivity contribution in [3.63, 3.8) is 0 Å². The predicted octanol–water partition coefficient (Wildman–Crippen LogP) is 2.80. The Hall–Kier alpha value is -1.66. The molecule has 0 spiro atoms. The second-order valence-corrected chi connectivity index (χ2v) is 6.98. The number of benzene rings is 1. The fraction of sp³-hybridized carbons (Fsp3) is 0.438. The first-order chi connectivity index (χ1) is 10.6. The highest BCUT2D eigenvalue weighted by Crippen LogP contribution is 2.32. The van der Waals surface area contributed by atoms with E-state index in [1.807, 2.05) is 37.3 Å². The molecule has 2 heterocycles. The number of carbonyl (C=O) groups excluding carboxylic acids is 1. The SMILES string of the molecule is C[C@H](c1ccccc1)n1nncc1C(=O)SCC1(C)COC1. The Morgan fingerprint density at radius 2 is 2.14 bits per heavy atom. The molecule has 1 aromatic carbocycles. The fourth-order valence-corrected chi connectivity index (χ4v) is 3.34. The van der Waals surface area contributed by atoms with Crippen molar-refractivity contribution in [2.75, 3.05) is 19.0 Å². The molecule has 0 saturated carbocycles. The van der Waals surface area contributed by atoms with Gasteiger partial charge in [-0.1, -0.05) is 54.2 Å². The second-order valence-electron chi connectivity index (χ2n) is 6.03. The van der Waals surface area contributed by atoms with Crippen molar-refractivity contribution in [2.24, 2.45) is 5.41 Å². The van der Waals surface area contributed by atoms with Crippen LogP contribution in [0.15, 0.2) is 36.5 Å². The van der Waals surface area contributed by atoms with Gasteiger partial charge in [0, 0.05) is 11.2 Å². The Bertz CT molecular complexity index is 652. The molecule has 116 valence electrons. The summed E-state index contributed by atoms with van der Waals surface area (Å²) in [5.74, 6) is 0.761. The molecule has 1 aliphatic rings. The smallest absolute Gasteiger partial charge is 0.239 e. The summed E-state index contributed by atoms with van der Waals surface area (Å²) in [4.78, 5) is 12.5. The van der Waals surface area contributed by atoms with Crippen LogP contribution in [0.1, 0.15) is 35.9 Å². The number of carbonyl (C=O) groups is 1. The number of rotatable bonds is 5. The van der Waals surface area contributed by atoms with Gasteiger partial charge in [-0.3, -0.25) is 4.79 Å². The van der Waals surface area contributed by atoms with E-state index in [-0.39, 0.29) is 16.6 Å². The first kappa shape index (κ1) is 15.2. The maximum absolute atomic E-state index is 12.5. The van der Waals surface area contributed by atoms with Crippen molar-refractivity contribution >= 4 is 16.9 Å². The first-order valence-electron chi connectivity index (χ1n) is 7.29. The zero-order valence-electron chi connectivity index (χ0n) is 12.7. The summed E-state index contributed by atoms with van der Waals surface area (Å²) in [5.41, 5.74) is 1.76. The lowest BCUT2D eigenvalue weighted by Crippen LogP contribution is -2.42. The molecule has 0 N–H and O–H groups in total. The molecule has 2 aromatic rings. The quantitative estimate of drug-likeness (QED) is 0.849. The van der Waals surface area contributed by atoms with Crippen molar-refractivity contribution in [1.29, 1.82) is 0 Å². The molecule has 0 radical (unpaired) electrons. The summed E-state index contributed by atoms with van der Waals surface area (Å²) < 4.78 is 6.92. The molecule has 5 nitrogen and oxygen atoms in total. The zero-order chi connectivity index (χ0) is 15.6. The molecule has 0 amide bonds. The van der Waals surface area contributed by atoms with E-state index in [9.17, 15) is 4.79 Å². The van der Waals surface area contributed by atoms with Crippen LogP contribution in [0.5, 0.6) is 0 Å². The van der Waals surface area contributed by atoms with Crippen LogP contribution in [-0.2, 0) is 4.74 Å². The highest BCUT2D eigenvalue weighted by molar-refractivity contribution is 8.14. The van der Waals surface area contributed by atoms with Crippen LogP contribution in [0.25, 0.3) is 0 Å². The summed E-state index contributed by atoms with van der Waals surface area (Å²) in [6.45, 7) is 5.61. The number of thioether (sulfide) groups is 1. The van der Waals surface area contributed by atoms with Crippen LogP contribution in [-0.4, -0.2) is 39.1 Å². The van der Waals surface area contributed by atoms with E-state index < -0.39 is 0 Å². The molecule has 22 heavy (non-hydrogen) atoms. The highest BCUT2D eigenvalue weighted by Gasteiger charge is 2.34. The molecule has 0 aliphatic carbocycles. The molecule has 6 heteroatoms. The van der Waals surface area contributed by atoms with Crippen LogP contribution in [0.2, 0.25) is 0 Å². The van der Waals surface area contributed by atoms with Gasteiger partial charge in [0.1, 0.15) is 5.69 Å². The van der Waals surface area contributed by atoms with Crippen LogP contribution in [0, 0.1) is 5.41 Å². The predicted molar refractivity (Wildman–Crippen MR) is 86.0 cm³/mol. The van der Waals surface area contributed by atoms with Gasteiger partial charge >= 0.3 is 0 Å². The molecule has 3 rings (SSSR count). The van der Waals surface area contributed by atoms with Crippen molar-refractivity contribution in [2.45, 2.75) is 19.9 Å². The third kappa shape index (κ3) is 3.08. The van der Waals surface area contributed by atoms with Crippen molar-refractivity contribution in [1.82, 2.24) is 15.0 Å². The molecule has 0 unspecified atom stereocenters. The summed E-state index contributed by atoms with van der Waals surface area (Å²) >= 11 is 1.32. The number of aromatic nitrogens is 3. The maximum Gasteiger partial charge on any atom is 0.239 e. The topological polar surface area (TPSA) is 57.0 Å². The van der Waals surface area contributed by atoms with Gasteiger partial charge < -0.3 is 4.74 Å². The monoisotopic (exact) mass is 317 g/mol. The van der Waals surface area contributed by atoms with Gasteiger partial charge in [0.15, 0.2) is 0 Å². The van der Waals surface area contributed by atoms with Crippen molar-refractivity contribution < 1.29 is 9.53 Å². The zero-order valence-corrected chi connectivity index (χ0v) is 13.5. The van der Waals surface area contributed by atoms with Crippen LogP contribution < -0.4 is 0 Å². The molecule has 1 fully saturated rings. The normalized spacial score (nSPS) is 17.7. The Balaban J connectivity index is 1.72. The molecule has 1 aliphatic heterocycles. The fourth-order valence-electron chi connectivity index (χ4n) is 2.40. The lowest BCUT2D eigenvalue weighted by atomic mass is 9.92. The molecule has 0 bridgehead atoms. The number of ether oxygens (including phenoxy) is 1. The Morgan fingerprint density at radius 1 is 1.41 bits per heavy atom. The van der Waals surface area contributed by atoms with Gasteiger partial charge in [0.2, 0.25) is 5.12 Å². The standard InChI is InChI=1S/C16H19N3O2S/c1-12(13-6-4-3-5-7-13)19-14(8-17-18-19)15(20)22-11-16(2)9-21-10-16/h3-8,12H,9-11H2,1-2H3/t12-/m1/s1. The van der Waals surface area contributed by atoms with E-state index in [1.165, 1.54) is 11.8 Å². The van der Waals surface area contributed by atoms with E-state index in [0.717, 1.165) is 24.5 Å². The summed E-state index contributed by atoms with van der Waals surface area (Å²) in [6.07, 6.45) is 1.55. The summed E-state index contributed by atoms with van der Waals surface area (Å²) in [7, 11) is 0. The van der Waals surface area contributed by atoms with Crippen molar-refractivity contribution in [3.8, 4) is 0 Å². The van der Waals surface area contributed by atoms with E-state index >= 15 is 0 Å². The average molecular weight is 317 g/mol. The van der Waals surface area contributed by atoms with Gasteiger partial charge in [0.25, 0.3) is 0 Å². The van der Waals surface area contributed by atoms with Gasteiger partial charge in [-0.25, -0.2) is 4.68 Å². The molecule has 1 saturated heterocycles. The minimum Gasteiger partial charge on any atom is -0.380 e. The summed E-state index contributed by atoms with van der Waals surface area (Å²) in [5, 5.41) is 8.04. The third-order valence-corrected chi connectivity index (χ3v) is 5.20. The maximum atomic E-state index is 12.5. The largest absolute Gasteiger partial charge is 0.380 e. The lowest BCUT2D eigenvalue weighted by Gasteiger charge is -2.37. The van der Waals surface area contributed by atoms with E-state index in [2.05, 4.69) is 17.2 Å². The Kier molecular flexibility index (Phi) is 4.31. The minimum absolute atomic E-state index is 0.0147. The first-order valence-corrected chi connectivity index (χ1v) is 8.28. The number of hydrogen-bond donors (Lipinski definition) is 0. The minimum atomic E-state index is -0.0223. The van der Waals surface area contributed by atoms with Gasteiger partial charge in [-0.05, 0) is 12.5 Å². The van der Waals surface area contributed by atoms with Crippen LogP contribution in [0.3, 0.4) is 0 Å². The third-order valence-electron chi connectivity index (χ3n) is 3.89. The number of hydrogen-bond acceptors (Lipinski definition) is 5. The molecule has 1 aromatic heterocycles. The second kappa shape index (κ2) is 6.22. The number of nitrogens with zero attached hydrogens (tertiary/aromatic N) is 3. The van der Waals surface area contributed by atoms with E-state index in [4.69, 9.17) is 4.74 Å². The molecule has 1 atom stereocenters. The van der Waals surface area contributed by atoms with Gasteiger partial charge in [-0.2, -0.15) is 0 Å². The highest BCUT2D eigenvalue weighted by atomic mass is 32.2.